The van der Waals surface area contributed by atoms with E-state index in [9.17, 15) is 8.42 Å². The number of piperidine rings is 1. The SMILES string of the molecule is Cc1cc(S(=O)(=O)NC2CCN(C)CC2)c(C)cc1Cl. The highest BCUT2D eigenvalue weighted by atomic mass is 35.5. The summed E-state index contributed by atoms with van der Waals surface area (Å²) in [6.07, 6.45) is 1.70. The summed E-state index contributed by atoms with van der Waals surface area (Å²) in [6, 6.07) is 3.38. The molecule has 6 heteroatoms. The Labute approximate surface area is 126 Å². The van der Waals surface area contributed by atoms with Crippen LogP contribution in [0.2, 0.25) is 5.02 Å². The molecule has 0 aliphatic carbocycles. The fraction of sp³-hybridized carbons (Fsp3) is 0.571. The van der Waals surface area contributed by atoms with Crippen molar-refractivity contribution in [2.75, 3.05) is 20.1 Å². The fourth-order valence-corrected chi connectivity index (χ4v) is 4.29. The van der Waals surface area contributed by atoms with Crippen LogP contribution >= 0.6 is 11.6 Å². The summed E-state index contributed by atoms with van der Waals surface area (Å²) in [7, 11) is -1.42. The van der Waals surface area contributed by atoms with Gasteiger partial charge >= 0.3 is 0 Å². The van der Waals surface area contributed by atoms with Crippen molar-refractivity contribution in [2.24, 2.45) is 0 Å². The maximum atomic E-state index is 12.5. The number of likely N-dealkylation sites (tertiary alicyclic amines) is 1. The van der Waals surface area contributed by atoms with Gasteiger partial charge in [0.2, 0.25) is 10.0 Å². The topological polar surface area (TPSA) is 49.4 Å². The maximum Gasteiger partial charge on any atom is 0.241 e. The fourth-order valence-electron chi connectivity index (χ4n) is 2.45. The molecule has 0 spiro atoms. The molecule has 112 valence electrons. The molecule has 0 aromatic heterocycles. The number of hydrogen-bond donors (Lipinski definition) is 1. The third kappa shape index (κ3) is 3.52. The Hall–Kier alpha value is -0.620. The monoisotopic (exact) mass is 316 g/mol. The largest absolute Gasteiger partial charge is 0.306 e. The van der Waals surface area contributed by atoms with E-state index in [-0.39, 0.29) is 6.04 Å². The molecular weight excluding hydrogens is 296 g/mol. The van der Waals surface area contributed by atoms with Gasteiger partial charge in [0.05, 0.1) is 4.90 Å². The third-order valence-corrected chi connectivity index (χ3v) is 5.86. The van der Waals surface area contributed by atoms with Crippen molar-refractivity contribution in [1.29, 1.82) is 0 Å². The van der Waals surface area contributed by atoms with E-state index in [1.165, 1.54) is 0 Å². The summed E-state index contributed by atoms with van der Waals surface area (Å²) in [6.45, 7) is 5.43. The lowest BCUT2D eigenvalue weighted by atomic mass is 10.1. The van der Waals surface area contributed by atoms with E-state index in [4.69, 9.17) is 11.6 Å². The molecule has 1 aromatic carbocycles. The summed E-state index contributed by atoms with van der Waals surface area (Å²) in [5.41, 5.74) is 1.46. The molecule has 20 heavy (non-hydrogen) atoms. The number of benzene rings is 1. The van der Waals surface area contributed by atoms with Crippen LogP contribution in [0.5, 0.6) is 0 Å². The molecule has 0 bridgehead atoms. The van der Waals surface area contributed by atoms with Gasteiger partial charge in [-0.15, -0.1) is 0 Å². The molecule has 1 aliphatic heterocycles. The molecule has 1 heterocycles. The molecule has 1 N–H and O–H groups in total. The lowest BCUT2D eigenvalue weighted by Gasteiger charge is -2.29. The highest BCUT2D eigenvalue weighted by Gasteiger charge is 2.24. The molecule has 0 radical (unpaired) electrons. The summed E-state index contributed by atoms with van der Waals surface area (Å²) in [4.78, 5) is 2.54. The summed E-state index contributed by atoms with van der Waals surface area (Å²) in [5.74, 6) is 0. The molecule has 1 aromatic rings. The van der Waals surface area contributed by atoms with E-state index in [0.717, 1.165) is 31.5 Å². The Kier molecular flexibility index (Phi) is 4.74. The molecule has 0 saturated carbocycles. The Bertz CT molecular complexity index is 593. The normalized spacial score (nSPS) is 18.4. The zero-order chi connectivity index (χ0) is 14.9. The molecule has 4 nitrogen and oxygen atoms in total. The molecule has 1 fully saturated rings. The molecule has 0 unspecified atom stereocenters. The van der Waals surface area contributed by atoms with Gasteiger partial charge < -0.3 is 4.90 Å². The van der Waals surface area contributed by atoms with Crippen LogP contribution in [-0.2, 0) is 10.0 Å². The van der Waals surface area contributed by atoms with Crippen molar-refractivity contribution in [3.63, 3.8) is 0 Å². The molecule has 0 atom stereocenters. The Morgan fingerprint density at radius 1 is 1.20 bits per heavy atom. The summed E-state index contributed by atoms with van der Waals surface area (Å²) >= 11 is 6.02. The van der Waals surface area contributed by atoms with Crippen LogP contribution in [0.4, 0.5) is 0 Å². The predicted molar refractivity (Wildman–Crippen MR) is 81.8 cm³/mol. The van der Waals surface area contributed by atoms with Crippen LogP contribution in [0.3, 0.4) is 0 Å². The van der Waals surface area contributed by atoms with E-state index in [1.807, 2.05) is 6.92 Å². The smallest absolute Gasteiger partial charge is 0.241 e. The van der Waals surface area contributed by atoms with E-state index in [1.54, 1.807) is 19.1 Å². The standard InChI is InChI=1S/C14H21ClN2O2S/c1-10-9-14(11(2)8-13(10)15)20(18,19)16-12-4-6-17(3)7-5-12/h8-9,12,16H,4-7H2,1-3H3. The molecule has 1 saturated heterocycles. The van der Waals surface area contributed by atoms with Gasteiger partial charge in [-0.25, -0.2) is 13.1 Å². The second-order valence-corrected chi connectivity index (χ2v) is 7.66. The Morgan fingerprint density at radius 2 is 1.80 bits per heavy atom. The van der Waals surface area contributed by atoms with Crippen molar-refractivity contribution < 1.29 is 8.42 Å². The van der Waals surface area contributed by atoms with E-state index >= 15 is 0 Å². The number of nitrogens with zero attached hydrogens (tertiary/aromatic N) is 1. The molecule has 2 rings (SSSR count). The predicted octanol–water partition coefficient (Wildman–Crippen LogP) is 2.33. The first-order valence-electron chi connectivity index (χ1n) is 6.77. The van der Waals surface area contributed by atoms with Gasteiger partial charge in [0.25, 0.3) is 0 Å². The van der Waals surface area contributed by atoms with Crippen LogP contribution in [0, 0.1) is 13.8 Å². The Balaban J connectivity index is 2.20. The number of rotatable bonds is 3. The van der Waals surface area contributed by atoms with Crippen LogP contribution in [0.15, 0.2) is 17.0 Å². The van der Waals surface area contributed by atoms with Crippen LogP contribution in [-0.4, -0.2) is 39.5 Å². The number of aryl methyl sites for hydroxylation is 2. The van der Waals surface area contributed by atoms with Crippen molar-refractivity contribution in [1.82, 2.24) is 9.62 Å². The van der Waals surface area contributed by atoms with Crippen LogP contribution in [0.1, 0.15) is 24.0 Å². The van der Waals surface area contributed by atoms with Gasteiger partial charge in [0.15, 0.2) is 0 Å². The highest BCUT2D eigenvalue weighted by Crippen LogP contribution is 2.24. The number of sulfonamides is 1. The molecule has 1 aliphatic rings. The minimum atomic E-state index is -3.47. The quantitative estimate of drug-likeness (QED) is 0.931. The lowest BCUT2D eigenvalue weighted by Crippen LogP contribution is -2.43. The minimum Gasteiger partial charge on any atom is -0.306 e. The van der Waals surface area contributed by atoms with E-state index in [0.29, 0.717) is 15.5 Å². The van der Waals surface area contributed by atoms with E-state index < -0.39 is 10.0 Å². The second kappa shape index (κ2) is 6.02. The zero-order valence-corrected chi connectivity index (χ0v) is 13.7. The maximum absolute atomic E-state index is 12.5. The first-order valence-corrected chi connectivity index (χ1v) is 8.63. The lowest BCUT2D eigenvalue weighted by molar-refractivity contribution is 0.248. The zero-order valence-electron chi connectivity index (χ0n) is 12.1. The van der Waals surface area contributed by atoms with Crippen LogP contribution in [0.25, 0.3) is 0 Å². The summed E-state index contributed by atoms with van der Waals surface area (Å²) in [5, 5.41) is 0.598. The second-order valence-electron chi connectivity index (χ2n) is 5.57. The van der Waals surface area contributed by atoms with Crippen molar-refractivity contribution in [3.05, 3.63) is 28.3 Å². The highest BCUT2D eigenvalue weighted by molar-refractivity contribution is 7.89. The average molecular weight is 317 g/mol. The number of nitrogens with one attached hydrogen (secondary N) is 1. The third-order valence-electron chi connectivity index (χ3n) is 3.79. The van der Waals surface area contributed by atoms with Gasteiger partial charge in [0, 0.05) is 11.1 Å². The number of hydrogen-bond acceptors (Lipinski definition) is 3. The van der Waals surface area contributed by atoms with Gasteiger partial charge in [-0.1, -0.05) is 11.6 Å². The van der Waals surface area contributed by atoms with Crippen molar-refractivity contribution >= 4 is 21.6 Å². The first kappa shape index (κ1) is 15.8. The van der Waals surface area contributed by atoms with Crippen molar-refractivity contribution in [2.45, 2.75) is 37.6 Å². The molecular formula is C14H21ClN2O2S. The molecule has 0 amide bonds. The average Bonchev–Trinajstić information content (AvgIpc) is 2.36. The Morgan fingerprint density at radius 3 is 2.40 bits per heavy atom. The summed E-state index contributed by atoms with van der Waals surface area (Å²) < 4.78 is 27.8. The van der Waals surface area contributed by atoms with Gasteiger partial charge in [0.1, 0.15) is 0 Å². The van der Waals surface area contributed by atoms with Gasteiger partial charge in [-0.3, -0.25) is 0 Å². The van der Waals surface area contributed by atoms with Gasteiger partial charge in [-0.05, 0) is 70.1 Å². The van der Waals surface area contributed by atoms with Crippen LogP contribution < -0.4 is 4.72 Å². The minimum absolute atomic E-state index is 0.0200. The van der Waals surface area contributed by atoms with E-state index in [2.05, 4.69) is 16.7 Å². The first-order chi connectivity index (χ1) is 9.29. The van der Waals surface area contributed by atoms with Crippen molar-refractivity contribution in [3.8, 4) is 0 Å². The van der Waals surface area contributed by atoms with Gasteiger partial charge in [-0.2, -0.15) is 0 Å². The number of halogens is 1.